The van der Waals surface area contributed by atoms with Crippen LogP contribution in [0.25, 0.3) is 0 Å². The molecule has 2 aromatic rings. The van der Waals surface area contributed by atoms with Crippen molar-refractivity contribution in [3.05, 3.63) is 59.7 Å². The maximum atomic E-state index is 11.4. The number of nitrogens with two attached hydrogens (primary N) is 2. The average molecular weight is 301 g/mol. The van der Waals surface area contributed by atoms with Gasteiger partial charge in [-0.05, 0) is 29.8 Å². The lowest BCUT2D eigenvalue weighted by atomic mass is 10.1. The molecule has 2 rings (SSSR count). The largest absolute Gasteiger partial charge is 0.540 e. The number of benzene rings is 2. The zero-order valence-corrected chi connectivity index (χ0v) is 11.6. The van der Waals surface area contributed by atoms with E-state index in [2.05, 4.69) is 9.99 Å². The maximum Gasteiger partial charge on any atom is 0.540 e. The molecule has 0 spiro atoms. The van der Waals surface area contributed by atoms with Crippen molar-refractivity contribution in [3.63, 3.8) is 0 Å². The van der Waals surface area contributed by atoms with E-state index >= 15 is 0 Å². The Morgan fingerprint density at radius 1 is 1.09 bits per heavy atom. The molecule has 0 aliphatic rings. The highest BCUT2D eigenvalue weighted by Gasteiger charge is 2.07. The Bertz CT molecular complexity index is 666. The molecule has 22 heavy (non-hydrogen) atoms. The van der Waals surface area contributed by atoms with Gasteiger partial charge < -0.3 is 21.3 Å². The van der Waals surface area contributed by atoms with Gasteiger partial charge in [-0.25, -0.2) is 4.79 Å². The summed E-state index contributed by atoms with van der Waals surface area (Å²) in [6.45, 7) is 0.423. The van der Waals surface area contributed by atoms with Gasteiger partial charge in [0.2, 0.25) is 0 Å². The number of nitrogens with zero attached hydrogens (tertiary/aromatic N) is 1. The Balaban J connectivity index is 1.94. The van der Waals surface area contributed by atoms with Crippen molar-refractivity contribution in [2.24, 2.45) is 16.6 Å². The Labute approximate surface area is 126 Å². The first kappa shape index (κ1) is 15.3. The van der Waals surface area contributed by atoms with E-state index in [0.29, 0.717) is 12.1 Å². The highest BCUT2D eigenvalue weighted by molar-refractivity contribution is 5.97. The second kappa shape index (κ2) is 7.09. The van der Waals surface area contributed by atoms with Crippen LogP contribution in [0.1, 0.15) is 11.1 Å². The Hall–Kier alpha value is -3.06. The zero-order valence-electron chi connectivity index (χ0n) is 11.6. The SMILES string of the molecule is NCc1ccc(/C(N)=N\OC(=O)Oc2ccc(O)cc2)cc1. The Kier molecular flexibility index (Phi) is 4.94. The van der Waals surface area contributed by atoms with Crippen molar-refractivity contribution in [2.75, 3.05) is 0 Å². The predicted molar refractivity (Wildman–Crippen MR) is 80.3 cm³/mol. The molecule has 0 radical (unpaired) electrons. The number of amidine groups is 1. The third-order valence-corrected chi connectivity index (χ3v) is 2.74. The minimum atomic E-state index is -1.03. The lowest BCUT2D eigenvalue weighted by Gasteiger charge is -2.03. The van der Waals surface area contributed by atoms with Gasteiger partial charge in [-0.15, -0.1) is 0 Å². The van der Waals surface area contributed by atoms with Crippen LogP contribution in [-0.4, -0.2) is 17.1 Å². The average Bonchev–Trinajstić information content (AvgIpc) is 2.55. The van der Waals surface area contributed by atoms with E-state index in [1.807, 2.05) is 0 Å². The number of phenolic OH excluding ortho intramolecular Hbond substituents is 1. The number of phenols is 1. The number of carbonyl (C=O) groups is 1. The number of carbonyl (C=O) groups excluding carboxylic acids is 1. The lowest BCUT2D eigenvalue weighted by Crippen LogP contribution is -2.16. The van der Waals surface area contributed by atoms with Gasteiger partial charge in [0.15, 0.2) is 5.84 Å². The van der Waals surface area contributed by atoms with E-state index in [1.165, 1.54) is 24.3 Å². The van der Waals surface area contributed by atoms with Gasteiger partial charge in [0.25, 0.3) is 0 Å². The molecule has 0 unspecified atom stereocenters. The number of aromatic hydroxyl groups is 1. The number of hydrogen-bond donors (Lipinski definition) is 3. The van der Waals surface area contributed by atoms with Gasteiger partial charge in [0.1, 0.15) is 11.5 Å². The minimum Gasteiger partial charge on any atom is -0.508 e. The first-order valence-corrected chi connectivity index (χ1v) is 6.39. The van der Waals surface area contributed by atoms with Crippen molar-refractivity contribution in [2.45, 2.75) is 6.54 Å². The van der Waals surface area contributed by atoms with Crippen molar-refractivity contribution in [1.82, 2.24) is 0 Å². The number of ether oxygens (including phenoxy) is 1. The predicted octanol–water partition coefficient (Wildman–Crippen LogP) is 1.69. The first-order valence-electron chi connectivity index (χ1n) is 6.39. The van der Waals surface area contributed by atoms with Gasteiger partial charge in [0, 0.05) is 12.1 Å². The van der Waals surface area contributed by atoms with Crippen molar-refractivity contribution < 1.29 is 19.5 Å². The monoisotopic (exact) mass is 301 g/mol. The van der Waals surface area contributed by atoms with Crippen LogP contribution < -0.4 is 16.2 Å². The van der Waals surface area contributed by atoms with Gasteiger partial charge in [-0.1, -0.05) is 29.4 Å². The summed E-state index contributed by atoms with van der Waals surface area (Å²) >= 11 is 0. The molecule has 0 fully saturated rings. The molecule has 0 atom stereocenters. The van der Waals surface area contributed by atoms with Crippen LogP contribution in [-0.2, 0) is 11.4 Å². The van der Waals surface area contributed by atoms with Crippen molar-refractivity contribution >= 4 is 12.0 Å². The van der Waals surface area contributed by atoms with E-state index in [-0.39, 0.29) is 17.3 Å². The molecule has 2 aromatic carbocycles. The van der Waals surface area contributed by atoms with Crippen LogP contribution in [0.5, 0.6) is 11.5 Å². The fourth-order valence-corrected chi connectivity index (χ4v) is 1.58. The van der Waals surface area contributed by atoms with E-state index in [4.69, 9.17) is 21.3 Å². The molecule has 0 aromatic heterocycles. The van der Waals surface area contributed by atoms with Crippen LogP contribution in [0.4, 0.5) is 4.79 Å². The highest BCUT2D eigenvalue weighted by atomic mass is 16.8. The van der Waals surface area contributed by atoms with E-state index in [0.717, 1.165) is 5.56 Å². The Morgan fingerprint density at radius 2 is 1.73 bits per heavy atom. The normalized spacial score (nSPS) is 11.0. The van der Waals surface area contributed by atoms with Gasteiger partial charge >= 0.3 is 6.16 Å². The summed E-state index contributed by atoms with van der Waals surface area (Å²) < 4.78 is 4.84. The Morgan fingerprint density at radius 3 is 2.32 bits per heavy atom. The molecule has 114 valence electrons. The molecule has 0 saturated heterocycles. The summed E-state index contributed by atoms with van der Waals surface area (Å²) in [4.78, 5) is 16.0. The second-order valence-electron chi connectivity index (χ2n) is 4.31. The molecular formula is C15H15N3O4. The number of rotatable bonds is 4. The van der Waals surface area contributed by atoms with E-state index < -0.39 is 6.16 Å². The fourth-order valence-electron chi connectivity index (χ4n) is 1.58. The van der Waals surface area contributed by atoms with Crippen LogP contribution in [0.15, 0.2) is 53.7 Å². The van der Waals surface area contributed by atoms with Gasteiger partial charge in [0.05, 0.1) is 0 Å². The van der Waals surface area contributed by atoms with Gasteiger partial charge in [-0.3, -0.25) is 4.84 Å². The molecule has 0 aliphatic carbocycles. The topological polar surface area (TPSA) is 120 Å². The summed E-state index contributed by atoms with van der Waals surface area (Å²) in [5, 5.41) is 12.6. The molecule has 7 nitrogen and oxygen atoms in total. The van der Waals surface area contributed by atoms with Crippen molar-refractivity contribution in [1.29, 1.82) is 0 Å². The van der Waals surface area contributed by atoms with Crippen LogP contribution >= 0.6 is 0 Å². The van der Waals surface area contributed by atoms with E-state index in [9.17, 15) is 4.79 Å². The summed E-state index contributed by atoms with van der Waals surface area (Å²) in [6.07, 6.45) is -1.03. The standard InChI is InChI=1S/C15H15N3O4/c16-9-10-1-3-11(4-2-10)14(17)18-22-15(20)21-13-7-5-12(19)6-8-13/h1-8,19H,9,16H2,(H2,17,18). The molecule has 0 saturated carbocycles. The fraction of sp³-hybridized carbons (Fsp3) is 0.0667. The van der Waals surface area contributed by atoms with E-state index in [1.54, 1.807) is 24.3 Å². The molecule has 0 heterocycles. The third kappa shape index (κ3) is 4.22. The van der Waals surface area contributed by atoms with Crippen LogP contribution in [0.2, 0.25) is 0 Å². The smallest absolute Gasteiger partial charge is 0.508 e. The molecule has 0 bridgehead atoms. The zero-order chi connectivity index (χ0) is 15.9. The molecule has 5 N–H and O–H groups in total. The quantitative estimate of drug-likeness (QED) is 0.197. The summed E-state index contributed by atoms with van der Waals surface area (Å²) in [5.41, 5.74) is 12.7. The molecule has 0 aliphatic heterocycles. The van der Waals surface area contributed by atoms with Crippen LogP contribution in [0, 0.1) is 0 Å². The summed E-state index contributed by atoms with van der Waals surface area (Å²) in [7, 11) is 0. The molecule has 7 heteroatoms. The summed E-state index contributed by atoms with van der Waals surface area (Å²) in [5.74, 6) is 0.305. The maximum absolute atomic E-state index is 11.4. The summed E-state index contributed by atoms with van der Waals surface area (Å²) in [6, 6.07) is 12.6. The third-order valence-electron chi connectivity index (χ3n) is 2.74. The number of hydrogen-bond acceptors (Lipinski definition) is 6. The molecule has 0 amide bonds. The van der Waals surface area contributed by atoms with Crippen molar-refractivity contribution in [3.8, 4) is 11.5 Å². The highest BCUT2D eigenvalue weighted by Crippen LogP contribution is 2.16. The lowest BCUT2D eigenvalue weighted by molar-refractivity contribution is 0.102. The minimum absolute atomic E-state index is 0.0335. The van der Waals surface area contributed by atoms with Gasteiger partial charge in [-0.2, -0.15) is 0 Å². The second-order valence-corrected chi connectivity index (χ2v) is 4.31. The number of oxime groups is 1. The first-order chi connectivity index (χ1) is 10.6. The van der Waals surface area contributed by atoms with Crippen LogP contribution in [0.3, 0.4) is 0 Å². The molecular weight excluding hydrogens is 286 g/mol.